The van der Waals surface area contributed by atoms with E-state index < -0.39 is 29.6 Å². The maximum atomic E-state index is 12.3. The summed E-state index contributed by atoms with van der Waals surface area (Å²) in [4.78, 5) is 37.2. The van der Waals surface area contributed by atoms with Crippen molar-refractivity contribution in [3.63, 3.8) is 0 Å². The first-order valence-electron chi connectivity index (χ1n) is 9.52. The Morgan fingerprint density at radius 2 is 1.87 bits per heavy atom. The first-order valence-corrected chi connectivity index (χ1v) is 9.52. The Kier molecular flexibility index (Phi) is 6.37. The topological polar surface area (TPSA) is 105 Å². The van der Waals surface area contributed by atoms with E-state index in [1.807, 2.05) is 30.3 Å². The lowest BCUT2D eigenvalue weighted by Crippen LogP contribution is -2.42. The molecule has 0 saturated carbocycles. The van der Waals surface area contributed by atoms with E-state index in [0.29, 0.717) is 12.4 Å². The fourth-order valence-corrected chi connectivity index (χ4v) is 2.96. The van der Waals surface area contributed by atoms with Crippen molar-refractivity contribution in [2.45, 2.75) is 32.1 Å². The van der Waals surface area contributed by atoms with E-state index in [-0.39, 0.29) is 18.7 Å². The van der Waals surface area contributed by atoms with Gasteiger partial charge in [0.05, 0.1) is 12.1 Å². The average Bonchev–Trinajstić information content (AvgIpc) is 2.93. The molecule has 8 nitrogen and oxygen atoms in total. The molecule has 1 fully saturated rings. The van der Waals surface area contributed by atoms with Gasteiger partial charge in [0.2, 0.25) is 0 Å². The number of β-amino-alcohol motifs (C(OH)–C–C–N with tert-alkyl or cyclic N) is 1. The van der Waals surface area contributed by atoms with Gasteiger partial charge < -0.3 is 19.9 Å². The Morgan fingerprint density at radius 3 is 2.53 bits per heavy atom. The molecule has 0 bridgehead atoms. The summed E-state index contributed by atoms with van der Waals surface area (Å²) in [6, 6.07) is 15.6. The van der Waals surface area contributed by atoms with Crippen molar-refractivity contribution in [1.82, 2.24) is 10.2 Å². The zero-order valence-electron chi connectivity index (χ0n) is 16.8. The molecule has 1 heterocycles. The van der Waals surface area contributed by atoms with E-state index in [4.69, 9.17) is 9.47 Å². The van der Waals surface area contributed by atoms with Crippen LogP contribution in [0.3, 0.4) is 0 Å². The molecule has 1 aliphatic rings. The minimum Gasteiger partial charge on any atom is -0.489 e. The molecule has 2 aromatic carbocycles. The van der Waals surface area contributed by atoms with Crippen LogP contribution in [0.25, 0.3) is 0 Å². The number of aliphatic hydroxyl groups is 1. The van der Waals surface area contributed by atoms with Crippen molar-refractivity contribution in [3.8, 4) is 5.75 Å². The summed E-state index contributed by atoms with van der Waals surface area (Å²) in [5.41, 5.74) is 0.245. The third-order valence-corrected chi connectivity index (χ3v) is 4.56. The normalized spacial score (nSPS) is 16.2. The zero-order chi connectivity index (χ0) is 21.7. The highest BCUT2D eigenvalue weighted by atomic mass is 16.5. The number of nitrogens with one attached hydrogen (secondary N) is 1. The van der Waals surface area contributed by atoms with Gasteiger partial charge >= 0.3 is 12.0 Å². The van der Waals surface area contributed by atoms with Gasteiger partial charge in [-0.25, -0.2) is 9.59 Å². The number of carbonyl (C=O) groups is 3. The minimum absolute atomic E-state index is 0.262. The molecule has 1 saturated heterocycles. The first kappa shape index (κ1) is 21.3. The van der Waals surface area contributed by atoms with Gasteiger partial charge in [-0.1, -0.05) is 36.4 Å². The molecule has 2 N–H and O–H groups in total. The van der Waals surface area contributed by atoms with Crippen LogP contribution >= 0.6 is 0 Å². The number of esters is 1. The summed E-state index contributed by atoms with van der Waals surface area (Å²) in [5, 5.41) is 12.6. The Hall–Kier alpha value is -3.39. The van der Waals surface area contributed by atoms with E-state index in [9.17, 15) is 19.5 Å². The van der Waals surface area contributed by atoms with Crippen molar-refractivity contribution < 1.29 is 29.0 Å². The summed E-state index contributed by atoms with van der Waals surface area (Å²) >= 11 is 0. The maximum Gasteiger partial charge on any atom is 0.338 e. The van der Waals surface area contributed by atoms with Crippen LogP contribution in [0.4, 0.5) is 4.79 Å². The molecule has 8 heteroatoms. The van der Waals surface area contributed by atoms with Gasteiger partial charge in [0.25, 0.3) is 5.91 Å². The van der Waals surface area contributed by atoms with Gasteiger partial charge in [0.15, 0.2) is 0 Å². The number of nitrogens with zero attached hydrogens (tertiary/aromatic N) is 1. The SMILES string of the molecule is CC1(C)NC(=O)N(CC(O)COC(=O)c2cccc(OCc3ccccc3)c2)C1=O. The number of aliphatic hydroxyl groups excluding tert-OH is 1. The molecule has 1 atom stereocenters. The number of carbonyl (C=O) groups excluding carboxylic acids is 3. The standard InChI is InChI=1S/C22H24N2O6/c1-22(2)20(27)24(21(28)23-22)12-17(25)14-30-19(26)16-9-6-10-18(11-16)29-13-15-7-4-3-5-8-15/h3-11,17,25H,12-14H2,1-2H3,(H,23,28). The molecule has 1 unspecified atom stereocenters. The van der Waals surface area contributed by atoms with Crippen LogP contribution in [0, 0.1) is 0 Å². The second-order valence-corrected chi connectivity index (χ2v) is 7.53. The molecule has 3 rings (SSSR count). The van der Waals surface area contributed by atoms with E-state index >= 15 is 0 Å². The van der Waals surface area contributed by atoms with Crippen LogP contribution in [0.1, 0.15) is 29.8 Å². The van der Waals surface area contributed by atoms with Gasteiger partial charge in [-0.15, -0.1) is 0 Å². The predicted octanol–water partition coefficient (Wildman–Crippen LogP) is 2.11. The van der Waals surface area contributed by atoms with Crippen LogP contribution in [0.15, 0.2) is 54.6 Å². The number of benzene rings is 2. The number of rotatable bonds is 8. The summed E-state index contributed by atoms with van der Waals surface area (Å²) in [6.07, 6.45) is -1.20. The Bertz CT molecular complexity index is 928. The Balaban J connectivity index is 1.51. The van der Waals surface area contributed by atoms with E-state index in [2.05, 4.69) is 5.32 Å². The minimum atomic E-state index is -1.20. The van der Waals surface area contributed by atoms with Crippen molar-refractivity contribution in [1.29, 1.82) is 0 Å². The van der Waals surface area contributed by atoms with Crippen molar-refractivity contribution in [3.05, 3.63) is 65.7 Å². The highest BCUT2D eigenvalue weighted by Gasteiger charge is 2.44. The summed E-state index contributed by atoms with van der Waals surface area (Å²) in [7, 11) is 0. The third-order valence-electron chi connectivity index (χ3n) is 4.56. The quantitative estimate of drug-likeness (QED) is 0.508. The van der Waals surface area contributed by atoms with E-state index in [1.54, 1.807) is 38.1 Å². The Labute approximate surface area is 174 Å². The number of hydrogen-bond acceptors (Lipinski definition) is 6. The number of amides is 3. The summed E-state index contributed by atoms with van der Waals surface area (Å²) < 4.78 is 10.8. The lowest BCUT2D eigenvalue weighted by molar-refractivity contribution is -0.131. The van der Waals surface area contributed by atoms with Gasteiger partial charge in [-0.05, 0) is 37.6 Å². The van der Waals surface area contributed by atoms with Gasteiger partial charge in [0, 0.05) is 0 Å². The smallest absolute Gasteiger partial charge is 0.338 e. The molecule has 2 aromatic rings. The molecule has 0 spiro atoms. The van der Waals surface area contributed by atoms with Crippen LogP contribution in [-0.4, -0.2) is 52.7 Å². The zero-order valence-corrected chi connectivity index (χ0v) is 16.8. The highest BCUT2D eigenvalue weighted by molar-refractivity contribution is 6.06. The van der Waals surface area contributed by atoms with Crippen molar-refractivity contribution in [2.24, 2.45) is 0 Å². The van der Waals surface area contributed by atoms with Gasteiger partial charge in [0.1, 0.15) is 30.6 Å². The molecule has 30 heavy (non-hydrogen) atoms. The molecular weight excluding hydrogens is 388 g/mol. The second kappa shape index (κ2) is 8.96. The molecular formula is C22H24N2O6. The van der Waals surface area contributed by atoms with Crippen molar-refractivity contribution in [2.75, 3.05) is 13.2 Å². The molecule has 3 amide bonds. The van der Waals surface area contributed by atoms with Crippen LogP contribution in [-0.2, 0) is 16.1 Å². The maximum absolute atomic E-state index is 12.3. The van der Waals surface area contributed by atoms with E-state index in [1.165, 1.54) is 0 Å². The van der Waals surface area contributed by atoms with Gasteiger partial charge in [-0.3, -0.25) is 9.69 Å². The molecule has 1 aliphatic heterocycles. The van der Waals surface area contributed by atoms with E-state index in [0.717, 1.165) is 10.5 Å². The Morgan fingerprint density at radius 1 is 1.13 bits per heavy atom. The second-order valence-electron chi connectivity index (χ2n) is 7.53. The van der Waals surface area contributed by atoms with Crippen LogP contribution in [0.2, 0.25) is 0 Å². The fraction of sp³-hybridized carbons (Fsp3) is 0.318. The number of ether oxygens (including phenoxy) is 2. The van der Waals surface area contributed by atoms with Gasteiger partial charge in [-0.2, -0.15) is 0 Å². The lowest BCUT2D eigenvalue weighted by Gasteiger charge is -2.19. The number of hydrogen-bond donors (Lipinski definition) is 2. The first-order chi connectivity index (χ1) is 14.3. The average molecular weight is 412 g/mol. The van der Waals surface area contributed by atoms with Crippen molar-refractivity contribution >= 4 is 17.9 Å². The summed E-state index contributed by atoms with van der Waals surface area (Å²) in [5.74, 6) is -0.576. The number of imide groups is 1. The molecule has 0 radical (unpaired) electrons. The summed E-state index contributed by atoms with van der Waals surface area (Å²) in [6.45, 7) is 2.90. The largest absolute Gasteiger partial charge is 0.489 e. The fourth-order valence-electron chi connectivity index (χ4n) is 2.96. The lowest BCUT2D eigenvalue weighted by atomic mass is 10.1. The highest BCUT2D eigenvalue weighted by Crippen LogP contribution is 2.18. The monoisotopic (exact) mass is 412 g/mol. The molecule has 0 aromatic heterocycles. The molecule has 158 valence electrons. The van der Waals surface area contributed by atoms with Crippen LogP contribution < -0.4 is 10.1 Å². The third kappa shape index (κ3) is 5.15. The number of urea groups is 1. The van der Waals surface area contributed by atoms with Crippen LogP contribution in [0.5, 0.6) is 5.75 Å². The molecule has 0 aliphatic carbocycles. The predicted molar refractivity (Wildman–Crippen MR) is 108 cm³/mol.